The fourth-order valence-electron chi connectivity index (χ4n) is 2.32. The summed E-state index contributed by atoms with van der Waals surface area (Å²) in [6.45, 7) is 18.0. The summed E-state index contributed by atoms with van der Waals surface area (Å²) < 4.78 is 15.4. The Balaban J connectivity index is 0. The summed E-state index contributed by atoms with van der Waals surface area (Å²) >= 11 is 0. The number of hydrogen-bond donors (Lipinski definition) is 1. The Labute approximate surface area is 183 Å². The highest BCUT2D eigenvalue weighted by molar-refractivity contribution is 5.69. The summed E-state index contributed by atoms with van der Waals surface area (Å²) in [5.74, 6) is -0.145. The van der Waals surface area contributed by atoms with E-state index in [0.717, 1.165) is 19.4 Å². The number of esters is 1. The van der Waals surface area contributed by atoms with Crippen LogP contribution in [0.4, 0.5) is 4.79 Å². The molecule has 0 aliphatic carbocycles. The lowest BCUT2D eigenvalue weighted by atomic mass is 10.0. The van der Waals surface area contributed by atoms with Gasteiger partial charge in [0.05, 0.1) is 5.60 Å². The molecule has 1 aromatic rings. The van der Waals surface area contributed by atoms with Crippen LogP contribution in [-0.2, 0) is 19.0 Å². The van der Waals surface area contributed by atoms with Gasteiger partial charge in [-0.25, -0.2) is 4.79 Å². The maximum Gasteiger partial charge on any atom is 0.405 e. The van der Waals surface area contributed by atoms with Gasteiger partial charge in [0.1, 0.15) is 11.7 Å². The molecule has 0 bridgehead atoms. The number of amides is 1. The van der Waals surface area contributed by atoms with Crippen LogP contribution in [0.1, 0.15) is 80.2 Å². The van der Waals surface area contributed by atoms with Crippen LogP contribution < -0.4 is 5.73 Å². The zero-order valence-corrected chi connectivity index (χ0v) is 20.4. The third-order valence-corrected chi connectivity index (χ3v) is 3.44. The number of primary amides is 1. The van der Waals surface area contributed by atoms with E-state index in [-0.39, 0.29) is 17.7 Å². The van der Waals surface area contributed by atoms with Crippen molar-refractivity contribution in [3.63, 3.8) is 0 Å². The van der Waals surface area contributed by atoms with Crippen LogP contribution >= 0.6 is 0 Å². The Morgan fingerprint density at radius 3 is 1.87 bits per heavy atom. The van der Waals surface area contributed by atoms with E-state index in [4.69, 9.17) is 15.2 Å². The smallest absolute Gasteiger partial charge is 0.405 e. The minimum atomic E-state index is -0.725. The molecule has 1 aromatic carbocycles. The molecule has 6 nitrogen and oxygen atoms in total. The molecule has 0 saturated heterocycles. The van der Waals surface area contributed by atoms with Gasteiger partial charge in [0.2, 0.25) is 0 Å². The third kappa shape index (κ3) is 22.2. The molecule has 0 aliphatic heterocycles. The van der Waals surface area contributed by atoms with Crippen LogP contribution in [0, 0.1) is 6.92 Å². The van der Waals surface area contributed by atoms with Crippen LogP contribution in [-0.4, -0.2) is 36.0 Å². The number of hydrogen-bond acceptors (Lipinski definition) is 5. The molecule has 0 fully saturated rings. The van der Waals surface area contributed by atoms with Gasteiger partial charge in [-0.2, -0.15) is 0 Å². The molecular formula is C24H43NO5. The van der Waals surface area contributed by atoms with Crippen molar-refractivity contribution >= 4 is 12.1 Å². The standard InChI is InChI=1S/C12H24O3.C7H8.C5H11NO2/c1-6-8-14-12(4,5)9-10(3)15-11(13)7-2;1-7-5-3-2-4-6-7;1-5(2,3)8-4(6)7/h10H,6-9H2,1-5H3;2-6H,1H3;1-3H3,(H2,6,7). The predicted molar refractivity (Wildman–Crippen MR) is 122 cm³/mol. The largest absolute Gasteiger partial charge is 0.463 e. The molecule has 1 atom stereocenters. The van der Waals surface area contributed by atoms with Gasteiger partial charge in [-0.15, -0.1) is 0 Å². The molecule has 0 aliphatic rings. The number of aryl methyl sites for hydroxylation is 1. The Kier molecular flexibility index (Phi) is 15.8. The van der Waals surface area contributed by atoms with E-state index < -0.39 is 11.7 Å². The molecule has 174 valence electrons. The highest BCUT2D eigenvalue weighted by Gasteiger charge is 2.23. The summed E-state index contributed by atoms with van der Waals surface area (Å²) in [4.78, 5) is 21.1. The van der Waals surface area contributed by atoms with Gasteiger partial charge in [0.15, 0.2) is 0 Å². The minimum absolute atomic E-state index is 0.0793. The van der Waals surface area contributed by atoms with Crippen LogP contribution in [0.2, 0.25) is 0 Å². The van der Waals surface area contributed by atoms with Crippen molar-refractivity contribution in [1.29, 1.82) is 0 Å². The van der Waals surface area contributed by atoms with E-state index in [0.29, 0.717) is 6.42 Å². The SMILES string of the molecule is CC(C)(C)OC(N)=O.CCCOC(C)(C)CC(C)OC(=O)CC.Cc1ccccc1. The van der Waals surface area contributed by atoms with Crippen LogP contribution in [0.5, 0.6) is 0 Å². The van der Waals surface area contributed by atoms with Gasteiger partial charge in [-0.3, -0.25) is 4.79 Å². The molecule has 0 saturated carbocycles. The lowest BCUT2D eigenvalue weighted by Crippen LogP contribution is -2.31. The average Bonchev–Trinajstić information content (AvgIpc) is 2.59. The molecule has 0 spiro atoms. The highest BCUT2D eigenvalue weighted by atomic mass is 16.6. The van der Waals surface area contributed by atoms with Crippen molar-refractivity contribution in [2.24, 2.45) is 5.73 Å². The predicted octanol–water partition coefficient (Wildman–Crippen LogP) is 5.80. The van der Waals surface area contributed by atoms with E-state index in [2.05, 4.69) is 30.7 Å². The minimum Gasteiger partial charge on any atom is -0.463 e. The van der Waals surface area contributed by atoms with Crippen molar-refractivity contribution in [2.75, 3.05) is 6.61 Å². The maximum absolute atomic E-state index is 11.1. The monoisotopic (exact) mass is 425 g/mol. The van der Waals surface area contributed by atoms with E-state index in [9.17, 15) is 9.59 Å². The van der Waals surface area contributed by atoms with E-state index in [1.165, 1.54) is 5.56 Å². The van der Waals surface area contributed by atoms with Gasteiger partial charge < -0.3 is 19.9 Å². The first-order valence-electron chi connectivity index (χ1n) is 10.6. The fourth-order valence-corrected chi connectivity index (χ4v) is 2.32. The number of nitrogens with two attached hydrogens (primary N) is 1. The molecule has 6 heteroatoms. The van der Waals surface area contributed by atoms with Gasteiger partial charge in [0, 0.05) is 19.4 Å². The highest BCUT2D eigenvalue weighted by Crippen LogP contribution is 2.19. The zero-order chi connectivity index (χ0) is 23.8. The number of carbonyl (C=O) groups excluding carboxylic acids is 2. The molecule has 2 N–H and O–H groups in total. The van der Waals surface area contributed by atoms with Gasteiger partial charge >= 0.3 is 12.1 Å². The first-order valence-corrected chi connectivity index (χ1v) is 10.6. The first-order chi connectivity index (χ1) is 13.7. The molecular weight excluding hydrogens is 382 g/mol. The summed E-state index contributed by atoms with van der Waals surface area (Å²) in [5, 5.41) is 0. The molecule has 0 heterocycles. The van der Waals surface area contributed by atoms with Crippen LogP contribution in [0.15, 0.2) is 30.3 Å². The van der Waals surface area contributed by atoms with E-state index in [1.807, 2.05) is 39.0 Å². The van der Waals surface area contributed by atoms with Crippen molar-refractivity contribution < 1.29 is 23.8 Å². The number of ether oxygens (including phenoxy) is 3. The summed E-state index contributed by atoms with van der Waals surface area (Å²) in [7, 11) is 0. The Hall–Kier alpha value is -2.08. The molecule has 1 rings (SSSR count). The quantitative estimate of drug-likeness (QED) is 0.558. The second-order valence-electron chi connectivity index (χ2n) is 8.65. The Morgan fingerprint density at radius 1 is 1.03 bits per heavy atom. The van der Waals surface area contributed by atoms with Crippen LogP contribution in [0.3, 0.4) is 0 Å². The van der Waals surface area contributed by atoms with Crippen molar-refractivity contribution in [2.45, 2.75) is 98.9 Å². The number of benzene rings is 1. The summed E-state index contributed by atoms with van der Waals surface area (Å²) in [5.41, 5.74) is 5.37. The Morgan fingerprint density at radius 2 is 1.57 bits per heavy atom. The fraction of sp³-hybridized carbons (Fsp3) is 0.667. The molecule has 0 radical (unpaired) electrons. The molecule has 1 amide bonds. The van der Waals surface area contributed by atoms with Gasteiger partial charge in [-0.05, 0) is 54.9 Å². The molecule has 1 unspecified atom stereocenters. The third-order valence-electron chi connectivity index (χ3n) is 3.44. The lowest BCUT2D eigenvalue weighted by Gasteiger charge is -2.28. The van der Waals surface area contributed by atoms with E-state index in [1.54, 1.807) is 27.7 Å². The van der Waals surface area contributed by atoms with Gasteiger partial charge in [-0.1, -0.05) is 49.7 Å². The maximum atomic E-state index is 11.1. The van der Waals surface area contributed by atoms with Crippen molar-refractivity contribution in [3.05, 3.63) is 35.9 Å². The average molecular weight is 426 g/mol. The molecule has 30 heavy (non-hydrogen) atoms. The topological polar surface area (TPSA) is 87.8 Å². The second-order valence-corrected chi connectivity index (χ2v) is 8.65. The van der Waals surface area contributed by atoms with Crippen molar-refractivity contribution in [3.8, 4) is 0 Å². The zero-order valence-electron chi connectivity index (χ0n) is 20.4. The van der Waals surface area contributed by atoms with Gasteiger partial charge in [0.25, 0.3) is 0 Å². The summed E-state index contributed by atoms with van der Waals surface area (Å²) in [6, 6.07) is 10.3. The lowest BCUT2D eigenvalue weighted by molar-refractivity contribution is -0.151. The normalized spacial score (nSPS) is 11.8. The van der Waals surface area contributed by atoms with Crippen LogP contribution in [0.25, 0.3) is 0 Å². The van der Waals surface area contributed by atoms with Crippen molar-refractivity contribution in [1.82, 2.24) is 0 Å². The number of rotatable bonds is 7. The summed E-state index contributed by atoms with van der Waals surface area (Å²) in [6.07, 6.45) is 1.37. The van der Waals surface area contributed by atoms with E-state index >= 15 is 0 Å². The number of carbonyl (C=O) groups is 2. The Bertz CT molecular complexity index is 579. The second kappa shape index (κ2) is 15.7. The first kappa shape index (κ1) is 30.1. The molecule has 0 aromatic heterocycles.